The van der Waals surface area contributed by atoms with E-state index >= 15 is 0 Å². The van der Waals surface area contributed by atoms with Crippen molar-refractivity contribution in [3.8, 4) is 0 Å². The summed E-state index contributed by atoms with van der Waals surface area (Å²) in [5.41, 5.74) is 4.09. The van der Waals surface area contributed by atoms with Gasteiger partial charge in [-0.05, 0) is 72.7 Å². The third-order valence-electron chi connectivity index (χ3n) is 5.16. The van der Waals surface area contributed by atoms with Crippen LogP contribution >= 0.6 is 11.8 Å². The number of aryl methyl sites for hydroxylation is 2. The van der Waals surface area contributed by atoms with Crippen molar-refractivity contribution in [3.05, 3.63) is 77.9 Å². The Hall–Kier alpha value is -2.77. The van der Waals surface area contributed by atoms with Gasteiger partial charge in [-0.15, -0.1) is 11.8 Å². The average Bonchev–Trinajstić information content (AvgIpc) is 2.90. The lowest BCUT2D eigenvalue weighted by molar-refractivity contribution is -0.115. The molecular weight excluding hydrogens is 416 g/mol. The molecule has 0 atom stereocenters. The topological polar surface area (TPSA) is 66.5 Å². The number of nitrogens with one attached hydrogen (secondary N) is 1. The highest BCUT2D eigenvalue weighted by Gasteiger charge is 2.24. The van der Waals surface area contributed by atoms with E-state index in [2.05, 4.69) is 4.72 Å². The van der Waals surface area contributed by atoms with E-state index in [0.29, 0.717) is 11.4 Å². The third kappa shape index (κ3) is 3.95. The highest BCUT2D eigenvalue weighted by Crippen LogP contribution is 2.38. The summed E-state index contributed by atoms with van der Waals surface area (Å²) >= 11 is 1.55. The maximum absolute atomic E-state index is 12.9. The van der Waals surface area contributed by atoms with Gasteiger partial charge in [0, 0.05) is 11.8 Å². The molecule has 3 aromatic carbocycles. The molecule has 0 aromatic heterocycles. The van der Waals surface area contributed by atoms with E-state index in [1.165, 1.54) is 6.92 Å². The van der Waals surface area contributed by atoms with Gasteiger partial charge >= 0.3 is 0 Å². The Bertz CT molecular complexity index is 1210. The van der Waals surface area contributed by atoms with Gasteiger partial charge in [0.05, 0.1) is 22.0 Å². The van der Waals surface area contributed by atoms with E-state index in [4.69, 9.17) is 0 Å². The molecule has 154 valence electrons. The summed E-state index contributed by atoms with van der Waals surface area (Å²) in [4.78, 5) is 15.4. The molecule has 1 N–H and O–H groups in total. The summed E-state index contributed by atoms with van der Waals surface area (Å²) in [5, 5.41) is 0. The van der Waals surface area contributed by atoms with E-state index in [0.717, 1.165) is 34.6 Å². The average molecular weight is 439 g/mol. The molecule has 30 heavy (non-hydrogen) atoms. The zero-order valence-electron chi connectivity index (χ0n) is 16.8. The fraction of sp³-hybridized carbons (Fsp3) is 0.174. The number of nitrogens with zero attached hydrogens (tertiary/aromatic N) is 1. The molecule has 1 amide bonds. The molecule has 0 spiro atoms. The van der Waals surface area contributed by atoms with Crippen LogP contribution in [0.2, 0.25) is 0 Å². The third-order valence-corrected chi connectivity index (χ3v) is 7.30. The Morgan fingerprint density at radius 3 is 2.27 bits per heavy atom. The molecule has 0 aliphatic carbocycles. The lowest BCUT2D eigenvalue weighted by atomic mass is 10.0. The Morgan fingerprint density at radius 2 is 1.60 bits per heavy atom. The zero-order valence-corrected chi connectivity index (χ0v) is 18.4. The molecule has 0 radical (unpaired) electrons. The number of carbonyl (C=O) groups is 1. The zero-order chi connectivity index (χ0) is 21.3. The first-order valence-corrected chi connectivity index (χ1v) is 12.3. The number of benzene rings is 3. The van der Waals surface area contributed by atoms with Gasteiger partial charge in [-0.2, -0.15) is 0 Å². The lowest BCUT2D eigenvalue weighted by Gasteiger charge is -2.24. The second-order valence-electron chi connectivity index (χ2n) is 7.11. The van der Waals surface area contributed by atoms with Gasteiger partial charge in [-0.1, -0.05) is 24.3 Å². The van der Waals surface area contributed by atoms with Gasteiger partial charge in [0.25, 0.3) is 10.0 Å². The summed E-state index contributed by atoms with van der Waals surface area (Å²) in [6, 6.07) is 20.0. The number of anilines is 3. The number of thioether (sulfide) groups is 1. The number of amides is 1. The van der Waals surface area contributed by atoms with Crippen LogP contribution in [-0.4, -0.2) is 20.6 Å². The minimum absolute atomic E-state index is 0.113. The molecule has 4 rings (SSSR count). The molecule has 0 unspecified atom stereocenters. The van der Waals surface area contributed by atoms with Crippen molar-refractivity contribution in [2.75, 3.05) is 15.9 Å². The van der Waals surface area contributed by atoms with Crippen LogP contribution in [0.25, 0.3) is 0 Å². The van der Waals surface area contributed by atoms with Gasteiger partial charge < -0.3 is 0 Å². The maximum Gasteiger partial charge on any atom is 0.261 e. The monoisotopic (exact) mass is 438 g/mol. The van der Waals surface area contributed by atoms with Gasteiger partial charge in [0.15, 0.2) is 0 Å². The Morgan fingerprint density at radius 1 is 0.933 bits per heavy atom. The Labute approximate surface area is 181 Å². The number of hydrogen-bond donors (Lipinski definition) is 1. The molecule has 0 bridgehead atoms. The quantitative estimate of drug-likeness (QED) is 0.583. The van der Waals surface area contributed by atoms with E-state index < -0.39 is 10.0 Å². The number of fused-ring (bicyclic) bond motifs is 2. The smallest absolute Gasteiger partial charge is 0.261 e. The summed E-state index contributed by atoms with van der Waals surface area (Å²) in [6.07, 6.45) is 3.54. The van der Waals surface area contributed by atoms with Crippen LogP contribution < -0.4 is 9.62 Å². The van der Waals surface area contributed by atoms with E-state index in [1.54, 1.807) is 53.1 Å². The highest BCUT2D eigenvalue weighted by molar-refractivity contribution is 7.98. The van der Waals surface area contributed by atoms with Crippen LogP contribution in [0.3, 0.4) is 0 Å². The van der Waals surface area contributed by atoms with Crippen LogP contribution in [0, 0.1) is 0 Å². The maximum atomic E-state index is 12.9. The summed E-state index contributed by atoms with van der Waals surface area (Å²) in [7, 11) is -3.73. The molecule has 3 aromatic rings. The highest BCUT2D eigenvalue weighted by atomic mass is 32.2. The molecule has 0 saturated heterocycles. The van der Waals surface area contributed by atoms with Crippen molar-refractivity contribution in [1.29, 1.82) is 0 Å². The SMILES string of the molecule is CSc1ccc(S(=O)(=O)Nc2ccc3c(c2)N(C(C)=O)c2ccccc2CC3)cc1. The predicted octanol–water partition coefficient (Wildman–Crippen LogP) is 4.99. The summed E-state index contributed by atoms with van der Waals surface area (Å²) in [6.45, 7) is 1.52. The van der Waals surface area contributed by atoms with Gasteiger partial charge in [-0.3, -0.25) is 14.4 Å². The van der Waals surface area contributed by atoms with Crippen molar-refractivity contribution in [2.45, 2.75) is 29.6 Å². The standard InChI is InChI=1S/C23H22N2O3S2/c1-16(26)25-22-6-4-3-5-17(22)7-8-18-9-10-19(15-23(18)25)24-30(27,28)21-13-11-20(29-2)12-14-21/h3-6,9-15,24H,7-8H2,1-2H3. The minimum atomic E-state index is -3.73. The largest absolute Gasteiger partial charge is 0.281 e. The first-order valence-electron chi connectivity index (χ1n) is 9.57. The van der Waals surface area contributed by atoms with E-state index in [9.17, 15) is 13.2 Å². The molecule has 1 aliphatic heterocycles. The minimum Gasteiger partial charge on any atom is -0.281 e. The number of para-hydroxylation sites is 1. The first-order chi connectivity index (χ1) is 14.4. The van der Waals surface area contributed by atoms with Crippen molar-refractivity contribution >= 4 is 44.8 Å². The normalized spacial score (nSPS) is 13.2. The Kier molecular flexibility index (Phi) is 5.58. The predicted molar refractivity (Wildman–Crippen MR) is 122 cm³/mol. The second kappa shape index (κ2) is 8.16. The fourth-order valence-electron chi connectivity index (χ4n) is 3.69. The summed E-state index contributed by atoms with van der Waals surface area (Å²) in [5.74, 6) is -0.113. The molecule has 1 heterocycles. The second-order valence-corrected chi connectivity index (χ2v) is 9.67. The van der Waals surface area contributed by atoms with Gasteiger partial charge in [0.1, 0.15) is 0 Å². The van der Waals surface area contributed by atoms with Crippen LogP contribution in [-0.2, 0) is 27.7 Å². The molecule has 0 fully saturated rings. The number of rotatable bonds is 4. The van der Waals surface area contributed by atoms with Crippen LogP contribution in [0.5, 0.6) is 0 Å². The van der Waals surface area contributed by atoms with Crippen molar-refractivity contribution < 1.29 is 13.2 Å². The molecule has 5 nitrogen and oxygen atoms in total. The molecular formula is C23H22N2O3S2. The first kappa shape index (κ1) is 20.5. The van der Waals surface area contributed by atoms with E-state index in [-0.39, 0.29) is 10.8 Å². The Balaban J connectivity index is 1.72. The van der Waals surface area contributed by atoms with Crippen LogP contribution in [0.1, 0.15) is 18.1 Å². The van der Waals surface area contributed by atoms with Crippen molar-refractivity contribution in [2.24, 2.45) is 0 Å². The van der Waals surface area contributed by atoms with Crippen molar-refractivity contribution in [3.63, 3.8) is 0 Å². The van der Waals surface area contributed by atoms with Gasteiger partial charge in [-0.25, -0.2) is 8.42 Å². The van der Waals surface area contributed by atoms with E-state index in [1.807, 2.05) is 36.6 Å². The number of hydrogen-bond acceptors (Lipinski definition) is 4. The number of sulfonamides is 1. The van der Waals surface area contributed by atoms with Crippen LogP contribution in [0.15, 0.2) is 76.5 Å². The van der Waals surface area contributed by atoms with Crippen LogP contribution in [0.4, 0.5) is 17.1 Å². The molecule has 1 aliphatic rings. The number of carbonyl (C=O) groups excluding carboxylic acids is 1. The summed E-state index contributed by atoms with van der Waals surface area (Å²) < 4.78 is 28.4. The lowest BCUT2D eigenvalue weighted by Crippen LogP contribution is -2.24. The van der Waals surface area contributed by atoms with Crippen molar-refractivity contribution in [1.82, 2.24) is 0 Å². The fourth-order valence-corrected chi connectivity index (χ4v) is 5.15. The molecule has 0 saturated carbocycles. The van der Waals surface area contributed by atoms with Gasteiger partial charge in [0.2, 0.25) is 5.91 Å². The molecule has 7 heteroatoms.